The first-order valence-electron chi connectivity index (χ1n) is 8.15. The molecule has 25 heavy (non-hydrogen) atoms. The first-order valence-corrected chi connectivity index (χ1v) is 9.95. The first kappa shape index (κ1) is 17.9. The number of nitrogens with one attached hydrogen (secondary N) is 1. The highest BCUT2D eigenvalue weighted by Gasteiger charge is 2.19. The van der Waals surface area contributed by atoms with E-state index in [0.717, 1.165) is 25.9 Å². The van der Waals surface area contributed by atoms with Gasteiger partial charge in [0.25, 0.3) is 5.91 Å². The molecule has 0 atom stereocenters. The number of furan rings is 1. The fraction of sp³-hybridized carbons (Fsp3) is 0.500. The van der Waals surface area contributed by atoms with E-state index < -0.39 is 0 Å². The molecular formula is C16H20N4O3S2. The second kappa shape index (κ2) is 8.01. The maximum Gasteiger partial charge on any atom is 0.261 e. The molecule has 9 heteroatoms. The van der Waals surface area contributed by atoms with Crippen molar-refractivity contribution in [3.63, 3.8) is 0 Å². The molecule has 0 spiro atoms. The van der Waals surface area contributed by atoms with Gasteiger partial charge in [-0.2, -0.15) is 0 Å². The number of thioether (sulfide) groups is 1. The topological polar surface area (TPSA) is 88.3 Å². The Bertz CT molecular complexity index is 765. The van der Waals surface area contributed by atoms with E-state index in [9.17, 15) is 9.59 Å². The van der Waals surface area contributed by atoms with Gasteiger partial charge in [0.1, 0.15) is 11.5 Å². The number of hydrogen-bond acceptors (Lipinski definition) is 7. The summed E-state index contributed by atoms with van der Waals surface area (Å²) in [7, 11) is 0. The number of piperidine rings is 1. The molecule has 0 bridgehead atoms. The highest BCUT2D eigenvalue weighted by Crippen LogP contribution is 2.27. The molecule has 0 unspecified atom stereocenters. The van der Waals surface area contributed by atoms with Gasteiger partial charge >= 0.3 is 0 Å². The third-order valence-corrected chi connectivity index (χ3v) is 5.90. The lowest BCUT2D eigenvalue weighted by Gasteiger charge is -2.26. The number of carbonyl (C=O) groups excluding carboxylic acids is 2. The van der Waals surface area contributed by atoms with Crippen LogP contribution in [0.4, 0.5) is 5.13 Å². The van der Waals surface area contributed by atoms with Crippen LogP contribution in [0.1, 0.15) is 41.1 Å². The first-order chi connectivity index (χ1) is 12.0. The van der Waals surface area contributed by atoms with Crippen LogP contribution in [-0.2, 0) is 4.79 Å². The van der Waals surface area contributed by atoms with Crippen molar-refractivity contribution >= 4 is 40.0 Å². The quantitative estimate of drug-likeness (QED) is 0.633. The van der Waals surface area contributed by atoms with E-state index in [1.807, 2.05) is 4.90 Å². The van der Waals surface area contributed by atoms with Crippen LogP contribution in [0.15, 0.2) is 14.8 Å². The zero-order valence-electron chi connectivity index (χ0n) is 14.2. The Morgan fingerprint density at radius 2 is 2.04 bits per heavy atom. The van der Waals surface area contributed by atoms with Crippen molar-refractivity contribution in [3.05, 3.63) is 23.2 Å². The number of carbonyl (C=O) groups is 2. The zero-order chi connectivity index (χ0) is 17.8. The fourth-order valence-corrected chi connectivity index (χ4v) is 4.35. The second-order valence-electron chi connectivity index (χ2n) is 5.88. The summed E-state index contributed by atoms with van der Waals surface area (Å²) in [5.41, 5.74) is 0.488. The van der Waals surface area contributed by atoms with Crippen LogP contribution < -0.4 is 5.32 Å². The third kappa shape index (κ3) is 4.60. The molecule has 134 valence electrons. The lowest BCUT2D eigenvalue weighted by molar-refractivity contribution is -0.129. The van der Waals surface area contributed by atoms with Gasteiger partial charge in [0.2, 0.25) is 11.0 Å². The van der Waals surface area contributed by atoms with Crippen LogP contribution in [0.2, 0.25) is 0 Å². The smallest absolute Gasteiger partial charge is 0.261 e. The van der Waals surface area contributed by atoms with Crippen molar-refractivity contribution < 1.29 is 14.0 Å². The Kier molecular flexibility index (Phi) is 5.74. The number of aryl methyl sites for hydroxylation is 2. The molecule has 3 rings (SSSR count). The Morgan fingerprint density at radius 3 is 2.72 bits per heavy atom. The summed E-state index contributed by atoms with van der Waals surface area (Å²) >= 11 is 2.62. The fourth-order valence-electron chi connectivity index (χ4n) is 2.70. The summed E-state index contributed by atoms with van der Waals surface area (Å²) in [6.45, 7) is 5.24. The SMILES string of the molecule is Cc1cc(C(=O)Nc2nnc(SCC(=O)N3CCCCC3)s2)c(C)o1. The maximum absolute atomic E-state index is 12.2. The standard InChI is InChI=1S/C16H20N4O3S2/c1-10-8-12(11(2)23-10)14(22)17-15-18-19-16(25-15)24-9-13(21)20-6-4-3-5-7-20/h8H,3-7,9H2,1-2H3,(H,17,18,22). The number of nitrogens with zero attached hydrogens (tertiary/aromatic N) is 3. The Balaban J connectivity index is 1.52. The molecule has 0 radical (unpaired) electrons. The van der Waals surface area contributed by atoms with Gasteiger partial charge in [-0.25, -0.2) is 0 Å². The Morgan fingerprint density at radius 1 is 1.28 bits per heavy atom. The summed E-state index contributed by atoms with van der Waals surface area (Å²) in [6, 6.07) is 1.69. The van der Waals surface area contributed by atoms with E-state index >= 15 is 0 Å². The summed E-state index contributed by atoms with van der Waals surface area (Å²) in [5.74, 6) is 1.47. The van der Waals surface area contributed by atoms with Crippen molar-refractivity contribution in [2.75, 3.05) is 24.2 Å². The average Bonchev–Trinajstić information content (AvgIpc) is 3.19. The van der Waals surface area contributed by atoms with Crippen LogP contribution in [0.3, 0.4) is 0 Å². The minimum atomic E-state index is -0.272. The predicted octanol–water partition coefficient (Wildman–Crippen LogP) is 3.10. The lowest BCUT2D eigenvalue weighted by atomic mass is 10.1. The van der Waals surface area contributed by atoms with E-state index in [2.05, 4.69) is 15.5 Å². The molecule has 2 aromatic rings. The van der Waals surface area contributed by atoms with Crippen LogP contribution in [-0.4, -0.2) is 45.8 Å². The van der Waals surface area contributed by atoms with Gasteiger partial charge < -0.3 is 9.32 Å². The maximum atomic E-state index is 12.2. The number of anilines is 1. The normalized spacial score (nSPS) is 14.6. The van der Waals surface area contributed by atoms with Crippen molar-refractivity contribution in [2.45, 2.75) is 37.4 Å². The summed E-state index contributed by atoms with van der Waals surface area (Å²) in [4.78, 5) is 26.3. The van der Waals surface area contributed by atoms with E-state index in [1.54, 1.807) is 19.9 Å². The van der Waals surface area contributed by atoms with Gasteiger partial charge in [0.15, 0.2) is 4.34 Å². The van der Waals surface area contributed by atoms with Crippen molar-refractivity contribution in [1.29, 1.82) is 0 Å². The van der Waals surface area contributed by atoms with Gasteiger partial charge in [0.05, 0.1) is 11.3 Å². The van der Waals surface area contributed by atoms with Crippen molar-refractivity contribution in [3.8, 4) is 0 Å². The summed E-state index contributed by atoms with van der Waals surface area (Å²) in [6.07, 6.45) is 3.36. The minimum Gasteiger partial charge on any atom is -0.466 e. The van der Waals surface area contributed by atoms with E-state index in [1.165, 1.54) is 29.5 Å². The van der Waals surface area contributed by atoms with Crippen LogP contribution in [0.5, 0.6) is 0 Å². The van der Waals surface area contributed by atoms with Gasteiger partial charge in [-0.15, -0.1) is 10.2 Å². The molecule has 3 heterocycles. The predicted molar refractivity (Wildman–Crippen MR) is 97.2 cm³/mol. The highest BCUT2D eigenvalue weighted by molar-refractivity contribution is 8.01. The van der Waals surface area contributed by atoms with E-state index in [-0.39, 0.29) is 11.8 Å². The lowest BCUT2D eigenvalue weighted by Crippen LogP contribution is -2.36. The molecule has 0 aromatic carbocycles. The molecular weight excluding hydrogens is 360 g/mol. The monoisotopic (exact) mass is 380 g/mol. The summed E-state index contributed by atoms with van der Waals surface area (Å²) in [5, 5.41) is 11.1. The molecule has 1 saturated heterocycles. The van der Waals surface area contributed by atoms with Crippen molar-refractivity contribution in [1.82, 2.24) is 15.1 Å². The number of amides is 2. The van der Waals surface area contributed by atoms with Crippen LogP contribution in [0.25, 0.3) is 0 Å². The summed E-state index contributed by atoms with van der Waals surface area (Å²) < 4.78 is 6.03. The largest absolute Gasteiger partial charge is 0.466 e. The van der Waals surface area contributed by atoms with Gasteiger partial charge in [-0.05, 0) is 39.2 Å². The second-order valence-corrected chi connectivity index (χ2v) is 8.08. The van der Waals surface area contributed by atoms with E-state index in [4.69, 9.17) is 4.42 Å². The molecule has 1 aliphatic heterocycles. The minimum absolute atomic E-state index is 0.134. The van der Waals surface area contributed by atoms with Crippen LogP contribution in [0, 0.1) is 13.8 Å². The number of hydrogen-bond donors (Lipinski definition) is 1. The molecule has 2 aromatic heterocycles. The van der Waals surface area contributed by atoms with Crippen LogP contribution >= 0.6 is 23.1 Å². The Hall–Kier alpha value is -1.87. The molecule has 2 amide bonds. The molecule has 1 fully saturated rings. The zero-order valence-corrected chi connectivity index (χ0v) is 15.8. The van der Waals surface area contributed by atoms with E-state index in [0.29, 0.717) is 32.3 Å². The van der Waals surface area contributed by atoms with Gasteiger partial charge in [-0.3, -0.25) is 14.9 Å². The number of likely N-dealkylation sites (tertiary alicyclic amines) is 1. The highest BCUT2D eigenvalue weighted by atomic mass is 32.2. The number of rotatable bonds is 5. The third-order valence-electron chi connectivity index (χ3n) is 3.94. The molecule has 0 aliphatic carbocycles. The van der Waals surface area contributed by atoms with Gasteiger partial charge in [0, 0.05) is 13.1 Å². The molecule has 1 N–H and O–H groups in total. The molecule has 7 nitrogen and oxygen atoms in total. The average molecular weight is 380 g/mol. The Labute approximate surface area is 154 Å². The van der Waals surface area contributed by atoms with Crippen molar-refractivity contribution in [2.24, 2.45) is 0 Å². The molecule has 0 saturated carbocycles. The molecule has 1 aliphatic rings. The van der Waals surface area contributed by atoms with Gasteiger partial charge in [-0.1, -0.05) is 23.1 Å². The number of aromatic nitrogens is 2.